The number of hydrogen-bond donors (Lipinski definition) is 2. The molecule has 3 unspecified atom stereocenters. The van der Waals surface area contributed by atoms with Crippen molar-refractivity contribution in [1.29, 1.82) is 0 Å². The number of amides is 3. The maximum Gasteiger partial charge on any atom is 0.251 e. The fourth-order valence-electron chi connectivity index (χ4n) is 5.44. The quantitative estimate of drug-likeness (QED) is 0.601. The van der Waals surface area contributed by atoms with Crippen LogP contribution in [-0.2, 0) is 14.4 Å². The molecule has 2 saturated heterocycles. The van der Waals surface area contributed by atoms with E-state index in [9.17, 15) is 19.2 Å². The molecule has 3 aliphatic rings. The summed E-state index contributed by atoms with van der Waals surface area (Å²) in [5.41, 5.74) is 6.83. The van der Waals surface area contributed by atoms with Gasteiger partial charge in [0.15, 0.2) is 5.78 Å². The summed E-state index contributed by atoms with van der Waals surface area (Å²) in [7, 11) is 3.85. The van der Waals surface area contributed by atoms with Gasteiger partial charge in [0.2, 0.25) is 11.8 Å². The van der Waals surface area contributed by atoms with E-state index in [0.717, 1.165) is 12.1 Å². The average Bonchev–Trinajstić information content (AvgIpc) is 3.37. The van der Waals surface area contributed by atoms with Crippen molar-refractivity contribution in [3.63, 3.8) is 0 Å². The summed E-state index contributed by atoms with van der Waals surface area (Å²) in [5.74, 6) is -0.738. The predicted molar refractivity (Wildman–Crippen MR) is 133 cm³/mol. The summed E-state index contributed by atoms with van der Waals surface area (Å²) < 4.78 is 0. The molecule has 3 N–H and O–H groups in total. The lowest BCUT2D eigenvalue weighted by molar-refractivity contribution is -0.141. The van der Waals surface area contributed by atoms with Gasteiger partial charge in [0, 0.05) is 31.9 Å². The lowest BCUT2D eigenvalue weighted by Crippen LogP contribution is -2.60. The van der Waals surface area contributed by atoms with Gasteiger partial charge in [-0.15, -0.1) is 0 Å². The second kappa shape index (κ2) is 9.60. The molecule has 3 amide bonds. The lowest BCUT2D eigenvalue weighted by atomic mass is 9.76. The highest BCUT2D eigenvalue weighted by atomic mass is 16.2. The zero-order valence-corrected chi connectivity index (χ0v) is 21.1. The van der Waals surface area contributed by atoms with E-state index in [4.69, 9.17) is 5.73 Å². The minimum absolute atomic E-state index is 0.00364. The summed E-state index contributed by atoms with van der Waals surface area (Å²) in [6.07, 6.45) is 3.18. The van der Waals surface area contributed by atoms with Crippen molar-refractivity contribution in [3.05, 3.63) is 29.8 Å². The molecule has 9 heteroatoms. The fraction of sp³-hybridized carbons (Fsp3) is 0.615. The highest BCUT2D eigenvalue weighted by Crippen LogP contribution is 2.36. The van der Waals surface area contributed by atoms with E-state index in [-0.39, 0.29) is 42.0 Å². The van der Waals surface area contributed by atoms with E-state index in [1.165, 1.54) is 0 Å². The zero-order chi connectivity index (χ0) is 25.5. The van der Waals surface area contributed by atoms with Crippen molar-refractivity contribution >= 4 is 29.2 Å². The molecule has 0 spiro atoms. The van der Waals surface area contributed by atoms with Crippen molar-refractivity contribution in [1.82, 2.24) is 15.1 Å². The monoisotopic (exact) mass is 483 g/mol. The van der Waals surface area contributed by atoms with Gasteiger partial charge in [-0.05, 0) is 62.3 Å². The molecule has 35 heavy (non-hydrogen) atoms. The number of Topliss-reactive ketones (excluding diaryl/α,β-unsaturated/α-hetero) is 1. The highest BCUT2D eigenvalue weighted by molar-refractivity contribution is 6.02. The molecular weight excluding hydrogens is 446 g/mol. The molecule has 0 radical (unpaired) electrons. The normalized spacial score (nSPS) is 23.7. The Balaban J connectivity index is 1.48. The Bertz CT molecular complexity index is 1000. The molecule has 9 nitrogen and oxygen atoms in total. The largest absolute Gasteiger partial charge is 0.378 e. The number of nitrogens with one attached hydrogen (secondary N) is 1. The second-order valence-corrected chi connectivity index (χ2v) is 10.8. The number of carbonyl (C=O) groups excluding carboxylic acids is 4. The topological polar surface area (TPSA) is 116 Å². The molecule has 3 fully saturated rings. The van der Waals surface area contributed by atoms with Crippen LogP contribution in [0, 0.1) is 5.92 Å². The maximum absolute atomic E-state index is 13.6. The van der Waals surface area contributed by atoms with Gasteiger partial charge < -0.3 is 25.8 Å². The first-order valence-corrected chi connectivity index (χ1v) is 12.5. The van der Waals surface area contributed by atoms with Crippen molar-refractivity contribution < 1.29 is 19.2 Å². The molecule has 190 valence electrons. The van der Waals surface area contributed by atoms with Gasteiger partial charge in [-0.25, -0.2) is 0 Å². The number of nitrogens with two attached hydrogens (primary N) is 1. The Kier molecular flexibility index (Phi) is 6.90. The van der Waals surface area contributed by atoms with Gasteiger partial charge in [0.05, 0.1) is 18.1 Å². The summed E-state index contributed by atoms with van der Waals surface area (Å²) in [6.45, 7) is 4.36. The van der Waals surface area contributed by atoms with Crippen LogP contribution in [0.4, 0.5) is 5.69 Å². The average molecular weight is 484 g/mol. The molecule has 4 rings (SSSR count). The van der Waals surface area contributed by atoms with Crippen LogP contribution in [0.15, 0.2) is 24.3 Å². The summed E-state index contributed by atoms with van der Waals surface area (Å²) >= 11 is 0. The first-order valence-electron chi connectivity index (χ1n) is 12.5. The first kappa shape index (κ1) is 25.2. The third kappa shape index (κ3) is 4.78. The summed E-state index contributed by atoms with van der Waals surface area (Å²) in [6, 6.07) is 5.43. The van der Waals surface area contributed by atoms with Crippen LogP contribution in [0.3, 0.4) is 0 Å². The van der Waals surface area contributed by atoms with E-state index in [2.05, 4.69) is 5.32 Å². The Hall–Kier alpha value is -2.94. The van der Waals surface area contributed by atoms with E-state index >= 15 is 0 Å². The van der Waals surface area contributed by atoms with Gasteiger partial charge >= 0.3 is 0 Å². The molecule has 2 heterocycles. The molecule has 2 aliphatic heterocycles. The van der Waals surface area contributed by atoms with E-state index in [1.54, 1.807) is 21.9 Å². The molecule has 1 aliphatic carbocycles. The van der Waals surface area contributed by atoms with Gasteiger partial charge in [-0.3, -0.25) is 19.2 Å². The SMILES string of the molecule is CC(C)CC(NC(=O)c1ccc(N(C)C)cc1)C(=O)N1CCC2C1C(=O)CN2C(=O)C1(N)CCC1. The molecular formula is C26H37N5O4. The number of anilines is 1. The maximum atomic E-state index is 13.6. The van der Waals surface area contributed by atoms with E-state index in [1.807, 2.05) is 45.0 Å². The lowest BCUT2D eigenvalue weighted by Gasteiger charge is -2.40. The Morgan fingerprint density at radius 1 is 1.14 bits per heavy atom. The molecule has 1 aromatic rings. The first-order chi connectivity index (χ1) is 16.5. The van der Waals surface area contributed by atoms with Gasteiger partial charge in [-0.2, -0.15) is 0 Å². The van der Waals surface area contributed by atoms with E-state index < -0.39 is 17.6 Å². The van der Waals surface area contributed by atoms with Crippen molar-refractivity contribution in [3.8, 4) is 0 Å². The standard InChI is InChI=1S/C26H37N5O4/c1-16(2)14-19(28-23(33)17-6-8-18(9-7-17)29(3)4)24(34)30-13-10-20-22(30)21(32)15-31(20)25(35)26(27)11-5-12-26/h6-9,16,19-20,22H,5,10-15,27H2,1-4H3,(H,28,33). The van der Waals surface area contributed by atoms with Crippen LogP contribution in [0.2, 0.25) is 0 Å². The van der Waals surface area contributed by atoms with Crippen LogP contribution in [0.25, 0.3) is 0 Å². The van der Waals surface area contributed by atoms with Gasteiger partial charge in [-0.1, -0.05) is 13.8 Å². The number of hydrogen-bond acceptors (Lipinski definition) is 6. The number of likely N-dealkylation sites (tertiary alicyclic amines) is 2. The zero-order valence-electron chi connectivity index (χ0n) is 21.1. The smallest absolute Gasteiger partial charge is 0.251 e. The molecule has 0 aromatic heterocycles. The van der Waals surface area contributed by atoms with E-state index in [0.29, 0.717) is 37.8 Å². The van der Waals surface area contributed by atoms with Crippen molar-refractivity contribution in [2.75, 3.05) is 32.1 Å². The van der Waals surface area contributed by atoms with Crippen molar-refractivity contribution in [2.24, 2.45) is 11.7 Å². The Morgan fingerprint density at radius 2 is 1.80 bits per heavy atom. The van der Waals surface area contributed by atoms with Crippen LogP contribution >= 0.6 is 0 Å². The molecule has 1 aromatic carbocycles. The number of ketones is 1. The number of carbonyl (C=O) groups is 4. The summed E-state index contributed by atoms with van der Waals surface area (Å²) in [4.78, 5) is 57.8. The van der Waals surface area contributed by atoms with Crippen LogP contribution < -0.4 is 16.0 Å². The molecule has 1 saturated carbocycles. The third-order valence-electron chi connectivity index (χ3n) is 7.59. The summed E-state index contributed by atoms with van der Waals surface area (Å²) in [5, 5.41) is 2.91. The Labute approximate surface area is 207 Å². The van der Waals surface area contributed by atoms with Crippen LogP contribution in [0.1, 0.15) is 56.3 Å². The highest BCUT2D eigenvalue weighted by Gasteiger charge is 2.55. The number of fused-ring (bicyclic) bond motifs is 1. The minimum Gasteiger partial charge on any atom is -0.378 e. The van der Waals surface area contributed by atoms with Crippen molar-refractivity contribution in [2.45, 2.75) is 69.6 Å². The Morgan fingerprint density at radius 3 is 2.34 bits per heavy atom. The second-order valence-electron chi connectivity index (χ2n) is 10.8. The van der Waals surface area contributed by atoms with Gasteiger partial charge in [0.1, 0.15) is 12.1 Å². The predicted octanol–water partition coefficient (Wildman–Crippen LogP) is 1.16. The number of rotatable bonds is 7. The molecule has 0 bridgehead atoms. The minimum atomic E-state index is -0.872. The fourth-order valence-corrected chi connectivity index (χ4v) is 5.44. The van der Waals surface area contributed by atoms with Crippen LogP contribution in [-0.4, -0.2) is 84.2 Å². The molecule has 3 atom stereocenters. The van der Waals surface area contributed by atoms with Gasteiger partial charge in [0.25, 0.3) is 5.91 Å². The third-order valence-corrected chi connectivity index (χ3v) is 7.59. The van der Waals surface area contributed by atoms with Crippen LogP contribution in [0.5, 0.6) is 0 Å². The number of nitrogens with zero attached hydrogens (tertiary/aromatic N) is 3. The number of benzene rings is 1.